The van der Waals surface area contributed by atoms with Crippen LogP contribution in [0.4, 0.5) is 0 Å². The van der Waals surface area contributed by atoms with Crippen molar-refractivity contribution in [2.75, 3.05) is 6.61 Å². The third-order valence-electron chi connectivity index (χ3n) is 5.00. The number of thioether (sulfide) groups is 1. The van der Waals surface area contributed by atoms with Gasteiger partial charge < -0.3 is 19.3 Å². The van der Waals surface area contributed by atoms with Gasteiger partial charge in [0.2, 0.25) is 0 Å². The number of aliphatic hydroxyl groups is 1. The zero-order valence-corrected chi connectivity index (χ0v) is 14.0. The largest absolute Gasteiger partial charge is 0.387 e. The van der Waals surface area contributed by atoms with Crippen molar-refractivity contribution < 1.29 is 19.3 Å². The van der Waals surface area contributed by atoms with Crippen LogP contribution in [0, 0.1) is 0 Å². The van der Waals surface area contributed by atoms with Crippen molar-refractivity contribution in [1.29, 1.82) is 0 Å². The molecule has 3 fully saturated rings. The van der Waals surface area contributed by atoms with Gasteiger partial charge in [-0.3, -0.25) is 0 Å². The van der Waals surface area contributed by atoms with E-state index in [0.29, 0.717) is 6.61 Å². The summed E-state index contributed by atoms with van der Waals surface area (Å²) in [5.74, 6) is 0.364. The Morgan fingerprint density at radius 1 is 1.09 bits per heavy atom. The van der Waals surface area contributed by atoms with Crippen molar-refractivity contribution in [2.24, 2.45) is 0 Å². The summed E-state index contributed by atoms with van der Waals surface area (Å²) in [6.07, 6.45) is 4.39. The maximum Gasteiger partial charge on any atom is 0.169 e. The van der Waals surface area contributed by atoms with Crippen molar-refractivity contribution >= 4 is 11.8 Å². The van der Waals surface area contributed by atoms with Gasteiger partial charge in [-0.05, 0) is 18.4 Å². The molecule has 1 aromatic rings. The topological polar surface area (TPSA) is 47.9 Å². The molecular formula is C18H24O4S. The lowest BCUT2D eigenvalue weighted by atomic mass is 9.94. The van der Waals surface area contributed by atoms with Gasteiger partial charge in [0.25, 0.3) is 0 Å². The monoisotopic (exact) mass is 336 g/mol. The number of hydrogen-bond donors (Lipinski definition) is 1. The Bertz CT molecular complexity index is 517. The second-order valence-corrected chi connectivity index (χ2v) is 7.79. The van der Waals surface area contributed by atoms with Crippen LogP contribution >= 0.6 is 11.8 Å². The first kappa shape index (κ1) is 15.9. The average Bonchev–Trinajstić information content (AvgIpc) is 2.94. The molecule has 1 aromatic carbocycles. The predicted octanol–water partition coefficient (Wildman–Crippen LogP) is 3.08. The van der Waals surface area contributed by atoms with E-state index in [1.807, 2.05) is 18.2 Å². The minimum absolute atomic E-state index is 0.128. The Kier molecular flexibility index (Phi) is 4.65. The molecular weight excluding hydrogens is 312 g/mol. The van der Waals surface area contributed by atoms with Crippen LogP contribution in [0.25, 0.3) is 0 Å². The smallest absolute Gasteiger partial charge is 0.169 e. The van der Waals surface area contributed by atoms with Gasteiger partial charge in [0.1, 0.15) is 23.7 Å². The van der Waals surface area contributed by atoms with E-state index in [9.17, 15) is 5.11 Å². The number of benzene rings is 1. The highest BCUT2D eigenvalue weighted by molar-refractivity contribution is 7.99. The highest BCUT2D eigenvalue weighted by atomic mass is 32.2. The highest BCUT2D eigenvalue weighted by Gasteiger charge is 2.54. The van der Waals surface area contributed by atoms with E-state index in [0.717, 1.165) is 31.4 Å². The first-order chi connectivity index (χ1) is 11.3. The van der Waals surface area contributed by atoms with Gasteiger partial charge in [0, 0.05) is 18.6 Å². The first-order valence-electron chi connectivity index (χ1n) is 8.57. The van der Waals surface area contributed by atoms with Crippen LogP contribution in [0.3, 0.4) is 0 Å². The molecule has 1 saturated carbocycles. The lowest BCUT2D eigenvalue weighted by Crippen LogP contribution is -2.50. The fourth-order valence-electron chi connectivity index (χ4n) is 3.78. The second kappa shape index (κ2) is 6.73. The molecule has 0 bridgehead atoms. The molecule has 23 heavy (non-hydrogen) atoms. The molecule has 126 valence electrons. The van der Waals surface area contributed by atoms with E-state index in [2.05, 4.69) is 12.1 Å². The van der Waals surface area contributed by atoms with Crippen molar-refractivity contribution in [3.05, 3.63) is 35.9 Å². The SMILES string of the molecule is O[C@H]1[C@H]2OC3(CCCCC3)O[C@@H]2CO[C@H]1SCc1ccccc1. The maximum absolute atomic E-state index is 10.7. The van der Waals surface area contributed by atoms with E-state index in [4.69, 9.17) is 14.2 Å². The molecule has 1 spiro atoms. The van der Waals surface area contributed by atoms with Crippen molar-refractivity contribution in [1.82, 2.24) is 0 Å². The van der Waals surface area contributed by atoms with Gasteiger partial charge in [-0.25, -0.2) is 0 Å². The third kappa shape index (κ3) is 3.30. The minimum atomic E-state index is -0.635. The van der Waals surface area contributed by atoms with Gasteiger partial charge >= 0.3 is 0 Å². The van der Waals surface area contributed by atoms with Gasteiger partial charge in [0.05, 0.1) is 6.61 Å². The molecule has 4 rings (SSSR count). The fourth-order valence-corrected chi connectivity index (χ4v) is 4.86. The molecule has 1 N–H and O–H groups in total. The van der Waals surface area contributed by atoms with Crippen LogP contribution in [0.1, 0.15) is 37.7 Å². The van der Waals surface area contributed by atoms with Gasteiger partial charge in [-0.15, -0.1) is 11.8 Å². The Labute approximate surface area is 141 Å². The van der Waals surface area contributed by atoms with Crippen LogP contribution < -0.4 is 0 Å². The summed E-state index contributed by atoms with van der Waals surface area (Å²) in [5.41, 5.74) is 0.988. The summed E-state index contributed by atoms with van der Waals surface area (Å²) in [6, 6.07) is 10.3. The first-order valence-corrected chi connectivity index (χ1v) is 9.61. The highest BCUT2D eigenvalue weighted by Crippen LogP contribution is 2.44. The minimum Gasteiger partial charge on any atom is -0.387 e. The Morgan fingerprint density at radius 3 is 2.65 bits per heavy atom. The predicted molar refractivity (Wildman–Crippen MR) is 89.0 cm³/mol. The molecule has 2 aliphatic heterocycles. The standard InChI is InChI=1S/C18H24O4S/c19-15-16-14(21-18(22-16)9-5-2-6-10-18)11-20-17(15)23-12-13-7-3-1-4-8-13/h1,3-4,7-8,14-17,19H,2,5-6,9-12H2/t14-,15+,16+,17+/m1/s1. The summed E-state index contributed by atoms with van der Waals surface area (Å²) in [4.78, 5) is 0. The van der Waals surface area contributed by atoms with Crippen LogP contribution in [0.5, 0.6) is 0 Å². The normalized spacial score (nSPS) is 36.0. The molecule has 5 heteroatoms. The summed E-state index contributed by atoms with van der Waals surface area (Å²) < 4.78 is 18.2. The number of aliphatic hydroxyl groups excluding tert-OH is 1. The van der Waals surface area contributed by atoms with E-state index in [-0.39, 0.29) is 17.6 Å². The summed E-state index contributed by atoms with van der Waals surface area (Å²) >= 11 is 1.63. The molecule has 2 saturated heterocycles. The quantitative estimate of drug-likeness (QED) is 0.919. The molecule has 0 unspecified atom stereocenters. The Morgan fingerprint density at radius 2 is 1.87 bits per heavy atom. The molecule has 4 atom stereocenters. The Balaban J connectivity index is 1.38. The summed E-state index contributed by atoms with van der Waals surface area (Å²) in [5, 5.41) is 10.7. The van der Waals surface area contributed by atoms with Gasteiger partial charge in [-0.2, -0.15) is 0 Å². The van der Waals surface area contributed by atoms with Crippen molar-refractivity contribution in [2.45, 2.75) is 67.4 Å². The van der Waals surface area contributed by atoms with Gasteiger partial charge in [-0.1, -0.05) is 36.8 Å². The lowest BCUT2D eigenvalue weighted by Gasteiger charge is -2.34. The Hall–Kier alpha value is -0.590. The molecule has 1 aliphatic carbocycles. The number of ether oxygens (including phenoxy) is 3. The molecule has 0 aromatic heterocycles. The summed E-state index contributed by atoms with van der Waals surface area (Å²) in [6.45, 7) is 0.510. The van der Waals surface area contributed by atoms with E-state index < -0.39 is 11.9 Å². The van der Waals surface area contributed by atoms with Crippen molar-refractivity contribution in [3.8, 4) is 0 Å². The molecule has 4 nitrogen and oxygen atoms in total. The van der Waals surface area contributed by atoms with E-state index in [1.165, 1.54) is 12.0 Å². The number of rotatable bonds is 3. The average molecular weight is 336 g/mol. The molecule has 0 radical (unpaired) electrons. The van der Waals surface area contributed by atoms with Crippen LogP contribution in [0.2, 0.25) is 0 Å². The molecule has 0 amide bonds. The van der Waals surface area contributed by atoms with Gasteiger partial charge in [0.15, 0.2) is 5.79 Å². The summed E-state index contributed by atoms with van der Waals surface area (Å²) in [7, 11) is 0. The van der Waals surface area contributed by atoms with E-state index >= 15 is 0 Å². The molecule has 3 aliphatic rings. The fraction of sp³-hybridized carbons (Fsp3) is 0.667. The van der Waals surface area contributed by atoms with Crippen molar-refractivity contribution in [3.63, 3.8) is 0 Å². The molecule has 2 heterocycles. The second-order valence-electron chi connectivity index (χ2n) is 6.70. The number of hydrogen-bond acceptors (Lipinski definition) is 5. The zero-order valence-electron chi connectivity index (χ0n) is 13.2. The lowest BCUT2D eigenvalue weighted by molar-refractivity contribution is -0.198. The third-order valence-corrected chi connectivity index (χ3v) is 6.24. The van der Waals surface area contributed by atoms with Crippen LogP contribution in [-0.4, -0.2) is 41.2 Å². The van der Waals surface area contributed by atoms with Crippen LogP contribution in [0.15, 0.2) is 30.3 Å². The van der Waals surface area contributed by atoms with Crippen LogP contribution in [-0.2, 0) is 20.0 Å². The maximum atomic E-state index is 10.7. The number of fused-ring (bicyclic) bond motifs is 1. The zero-order chi connectivity index (χ0) is 15.7. The van der Waals surface area contributed by atoms with E-state index in [1.54, 1.807) is 11.8 Å².